The van der Waals surface area contributed by atoms with Crippen molar-refractivity contribution >= 4 is 35.7 Å². The number of phenols is 2. The summed E-state index contributed by atoms with van der Waals surface area (Å²) >= 11 is 0. The van der Waals surface area contributed by atoms with Crippen LogP contribution in [-0.2, 0) is 0 Å². The third-order valence-corrected chi connectivity index (χ3v) is 10.2. The molecule has 4 nitrogen and oxygen atoms in total. The van der Waals surface area contributed by atoms with Gasteiger partial charge >= 0.3 is 0 Å². The average molecular weight is 769 g/mol. The summed E-state index contributed by atoms with van der Waals surface area (Å²) in [7, 11) is 0. The van der Waals surface area contributed by atoms with Crippen LogP contribution < -0.4 is 9.80 Å². The number of anilines is 2. The monoisotopic (exact) mass is 768 g/mol. The van der Waals surface area contributed by atoms with Gasteiger partial charge in [0, 0.05) is 59.8 Å². The number of rotatable bonds is 18. The molecular weight excluding hydrogens is 709 g/mol. The summed E-state index contributed by atoms with van der Waals surface area (Å²) in [4.78, 5) is 4.99. The van der Waals surface area contributed by atoms with Crippen LogP contribution in [0.4, 0.5) is 11.4 Å². The van der Waals surface area contributed by atoms with Gasteiger partial charge in [0.15, 0.2) is 0 Å². The van der Waals surface area contributed by atoms with E-state index in [1.807, 2.05) is 36.4 Å². The highest BCUT2D eigenvalue weighted by Gasteiger charge is 2.09. The molecule has 2 N–H and O–H groups in total. The van der Waals surface area contributed by atoms with Gasteiger partial charge in [0.05, 0.1) is 0 Å². The van der Waals surface area contributed by atoms with Crippen molar-refractivity contribution in [2.75, 3.05) is 36.0 Å². The van der Waals surface area contributed by atoms with E-state index in [1.165, 1.54) is 62.7 Å². The number of hydrogen-bond acceptors (Lipinski definition) is 4. The Morgan fingerprint density at radius 3 is 1.05 bits per heavy atom. The van der Waals surface area contributed by atoms with Crippen LogP contribution in [0.15, 0.2) is 109 Å². The Balaban J connectivity index is 1.55. The van der Waals surface area contributed by atoms with Crippen LogP contribution in [-0.4, -0.2) is 36.4 Å². The van der Waals surface area contributed by atoms with Crippen molar-refractivity contribution in [3.8, 4) is 35.2 Å². The van der Waals surface area contributed by atoms with E-state index in [4.69, 9.17) is 0 Å². The summed E-state index contributed by atoms with van der Waals surface area (Å²) in [5, 5.41) is 19.8. The Kier molecular flexibility index (Phi) is 17.2. The predicted molar refractivity (Wildman–Crippen MR) is 249 cm³/mol. The molecule has 0 aliphatic carbocycles. The first-order valence-corrected chi connectivity index (χ1v) is 21.2. The molecule has 0 amide bonds. The highest BCUT2D eigenvalue weighted by atomic mass is 16.3. The molecule has 0 heterocycles. The summed E-state index contributed by atoms with van der Waals surface area (Å²) in [6, 6.07) is 35.9. The molecule has 0 aliphatic heterocycles. The van der Waals surface area contributed by atoms with Gasteiger partial charge < -0.3 is 20.0 Å². The van der Waals surface area contributed by atoms with E-state index in [0.717, 1.165) is 70.7 Å². The van der Waals surface area contributed by atoms with Crippen LogP contribution in [0.2, 0.25) is 0 Å². The van der Waals surface area contributed by atoms with Crippen LogP contribution >= 0.6 is 0 Å². The van der Waals surface area contributed by atoms with E-state index in [2.05, 4.69) is 134 Å². The van der Waals surface area contributed by atoms with Gasteiger partial charge in [-0.25, -0.2) is 0 Å². The van der Waals surface area contributed by atoms with Gasteiger partial charge in [-0.3, -0.25) is 0 Å². The summed E-state index contributed by atoms with van der Waals surface area (Å²) in [5.41, 5.74) is 10.0. The van der Waals surface area contributed by atoms with Gasteiger partial charge in [-0.15, -0.1) is 0 Å². The maximum atomic E-state index is 9.88. The largest absolute Gasteiger partial charge is 0.508 e. The predicted octanol–water partition coefficient (Wildman–Crippen LogP) is 13.1. The average Bonchev–Trinajstić information content (AvgIpc) is 3.25. The van der Waals surface area contributed by atoms with Crippen molar-refractivity contribution in [2.24, 2.45) is 0 Å². The molecule has 4 heteroatoms. The van der Waals surface area contributed by atoms with Crippen LogP contribution in [0.3, 0.4) is 0 Å². The maximum Gasteiger partial charge on any atom is 0.115 e. The molecular formula is C54H60N2O2. The van der Waals surface area contributed by atoms with Crippen molar-refractivity contribution < 1.29 is 10.2 Å². The minimum atomic E-state index is 0.235. The minimum absolute atomic E-state index is 0.235. The lowest BCUT2D eigenvalue weighted by atomic mass is 9.96. The van der Waals surface area contributed by atoms with Crippen LogP contribution in [0, 0.1) is 23.7 Å². The second-order valence-corrected chi connectivity index (χ2v) is 14.9. The fourth-order valence-corrected chi connectivity index (χ4v) is 6.59. The third kappa shape index (κ3) is 13.5. The Morgan fingerprint density at radius 2 is 0.741 bits per heavy atom. The summed E-state index contributed by atoms with van der Waals surface area (Å²) in [6.45, 7) is 13.2. The van der Waals surface area contributed by atoms with Gasteiger partial charge in [0.25, 0.3) is 0 Å². The number of aromatic hydroxyl groups is 2. The maximum absolute atomic E-state index is 9.88. The van der Waals surface area contributed by atoms with Crippen LogP contribution in [0.1, 0.15) is 124 Å². The van der Waals surface area contributed by atoms with E-state index < -0.39 is 0 Å². The highest BCUT2D eigenvalue weighted by molar-refractivity contribution is 5.80. The normalized spacial score (nSPS) is 11.0. The van der Waals surface area contributed by atoms with E-state index in [0.29, 0.717) is 0 Å². The lowest BCUT2D eigenvalue weighted by Gasteiger charge is -2.24. The Labute approximate surface area is 348 Å². The molecule has 5 aromatic carbocycles. The smallest absolute Gasteiger partial charge is 0.115 e. The van der Waals surface area contributed by atoms with E-state index in [-0.39, 0.29) is 11.5 Å². The number of nitrogens with zero attached hydrogens (tertiary/aromatic N) is 2. The highest BCUT2D eigenvalue weighted by Crippen LogP contribution is 2.24. The zero-order chi connectivity index (χ0) is 41.0. The summed E-state index contributed by atoms with van der Waals surface area (Å²) in [6.07, 6.45) is 17.7. The molecule has 0 aliphatic rings. The zero-order valence-electron chi connectivity index (χ0n) is 35.0. The lowest BCUT2D eigenvalue weighted by molar-refractivity contribution is 0.474. The number of hydrogen-bond donors (Lipinski definition) is 2. The first kappa shape index (κ1) is 43.0. The fraction of sp³-hybridized carbons (Fsp3) is 0.296. The molecule has 58 heavy (non-hydrogen) atoms. The van der Waals surface area contributed by atoms with Crippen molar-refractivity contribution in [1.29, 1.82) is 0 Å². The molecule has 0 unspecified atom stereocenters. The first-order chi connectivity index (χ1) is 28.4. The number of phenolic OH excluding ortho intramolecular Hbond substituents is 2. The van der Waals surface area contributed by atoms with Crippen LogP contribution in [0.5, 0.6) is 11.5 Å². The van der Waals surface area contributed by atoms with Gasteiger partial charge in [-0.1, -0.05) is 126 Å². The number of benzene rings is 5. The molecule has 0 radical (unpaired) electrons. The van der Waals surface area contributed by atoms with Crippen LogP contribution in [0.25, 0.3) is 24.3 Å². The topological polar surface area (TPSA) is 46.9 Å². The molecule has 0 saturated carbocycles. The molecule has 0 bridgehead atoms. The van der Waals surface area contributed by atoms with Crippen molar-refractivity contribution in [2.45, 2.75) is 79.1 Å². The summed E-state index contributed by atoms with van der Waals surface area (Å²) in [5.74, 6) is 14.4. The Bertz CT molecular complexity index is 2010. The molecule has 0 spiro atoms. The first-order valence-electron chi connectivity index (χ1n) is 21.2. The second kappa shape index (κ2) is 23.2. The standard InChI is InChI=1S/C54H60N2O2/c1-5-9-37-55(38-10-6-2)51-29-17-43(18-30-51)13-25-47-41-50(28-16-46-23-35-54(58)36-24-46)48(42-49(47)27-15-45-21-33-53(57)34-22-45)26-14-44-19-31-52(32-20-44)56(39-11-7-3)40-12-8-4/h15-24,27-36,41-42,57-58H,5-12,37-40H2,1-4H3/b27-15+,28-16+. The zero-order valence-corrected chi connectivity index (χ0v) is 35.0. The number of unbranched alkanes of at least 4 members (excludes halogenated alkanes) is 4. The second-order valence-electron chi connectivity index (χ2n) is 14.9. The SMILES string of the molecule is CCCCN(CCCC)c1ccc(C#Cc2cc(/C=C/c3ccc(O)cc3)c(C#Cc3ccc(N(CCCC)CCCC)cc3)cc2/C=C/c2ccc(O)cc2)cc1. The van der Waals surface area contributed by atoms with Gasteiger partial charge in [0.2, 0.25) is 0 Å². The molecule has 0 fully saturated rings. The van der Waals surface area contributed by atoms with Gasteiger partial charge in [0.1, 0.15) is 11.5 Å². The molecule has 298 valence electrons. The fourth-order valence-electron chi connectivity index (χ4n) is 6.59. The molecule has 0 aromatic heterocycles. The third-order valence-electron chi connectivity index (χ3n) is 10.2. The Morgan fingerprint density at radius 1 is 0.414 bits per heavy atom. The summed E-state index contributed by atoms with van der Waals surface area (Å²) < 4.78 is 0. The van der Waals surface area contributed by atoms with E-state index >= 15 is 0 Å². The van der Waals surface area contributed by atoms with Crippen molar-refractivity contribution in [1.82, 2.24) is 0 Å². The minimum Gasteiger partial charge on any atom is -0.508 e. The molecule has 5 rings (SSSR count). The molecule has 0 saturated heterocycles. The van der Waals surface area contributed by atoms with Crippen molar-refractivity contribution in [3.05, 3.63) is 154 Å². The van der Waals surface area contributed by atoms with E-state index in [1.54, 1.807) is 24.3 Å². The van der Waals surface area contributed by atoms with Gasteiger partial charge in [-0.05, 0) is 133 Å². The lowest BCUT2D eigenvalue weighted by Crippen LogP contribution is -2.25. The molecule has 0 atom stereocenters. The van der Waals surface area contributed by atoms with Crippen molar-refractivity contribution in [3.63, 3.8) is 0 Å². The quantitative estimate of drug-likeness (QED) is 0.0688. The Hall–Kier alpha value is -6.10. The van der Waals surface area contributed by atoms with E-state index in [9.17, 15) is 10.2 Å². The van der Waals surface area contributed by atoms with Gasteiger partial charge in [-0.2, -0.15) is 0 Å². The molecule has 5 aromatic rings.